The largest absolute Gasteiger partial charge is 0.310 e. The zero-order chi connectivity index (χ0) is 14.6. The van der Waals surface area contributed by atoms with Gasteiger partial charge in [0.1, 0.15) is 0 Å². The van der Waals surface area contributed by atoms with Crippen LogP contribution in [0.25, 0.3) is 0 Å². The predicted octanol–water partition coefficient (Wildman–Crippen LogP) is 4.96. The molecule has 0 aliphatic carbocycles. The molecule has 2 nitrogen and oxygen atoms in total. The van der Waals surface area contributed by atoms with Crippen LogP contribution in [0.2, 0.25) is 0 Å². The molecule has 0 fully saturated rings. The van der Waals surface area contributed by atoms with Crippen LogP contribution in [-0.2, 0) is 0 Å². The predicted molar refractivity (Wildman–Crippen MR) is 85.6 cm³/mol. The summed E-state index contributed by atoms with van der Waals surface area (Å²) in [6.07, 6.45) is 9.44. The number of hydrogen-bond acceptors (Lipinski definition) is 2. The van der Waals surface area contributed by atoms with E-state index in [2.05, 4.69) is 25.2 Å². The minimum absolute atomic E-state index is 0.364. The van der Waals surface area contributed by atoms with E-state index in [9.17, 15) is 0 Å². The maximum absolute atomic E-state index is 8.78. The molecule has 0 bridgehead atoms. The van der Waals surface area contributed by atoms with E-state index in [4.69, 9.17) is 5.26 Å². The molecule has 0 aliphatic rings. The van der Waals surface area contributed by atoms with Crippen LogP contribution in [0.3, 0.4) is 0 Å². The van der Waals surface area contributed by atoms with Gasteiger partial charge in [0.2, 0.25) is 0 Å². The molecule has 1 N–H and O–H groups in total. The van der Waals surface area contributed by atoms with Crippen molar-refractivity contribution < 1.29 is 0 Å². The van der Waals surface area contributed by atoms with Gasteiger partial charge in [-0.1, -0.05) is 57.6 Å². The quantitative estimate of drug-likeness (QED) is 0.611. The zero-order valence-corrected chi connectivity index (χ0v) is 13.0. The summed E-state index contributed by atoms with van der Waals surface area (Å²) >= 11 is 0. The Morgan fingerprint density at radius 3 is 2.20 bits per heavy atom. The summed E-state index contributed by atoms with van der Waals surface area (Å²) in [4.78, 5) is 0. The number of nitrogens with one attached hydrogen (secondary N) is 1. The average Bonchev–Trinajstić information content (AvgIpc) is 2.50. The summed E-state index contributed by atoms with van der Waals surface area (Å²) < 4.78 is 0. The van der Waals surface area contributed by atoms with Gasteiger partial charge in [-0.25, -0.2) is 0 Å². The summed E-state index contributed by atoms with van der Waals surface area (Å²) in [6.45, 7) is 5.52. The lowest BCUT2D eigenvalue weighted by Crippen LogP contribution is -2.19. The second kappa shape index (κ2) is 10.5. The van der Waals surface area contributed by atoms with E-state index in [0.29, 0.717) is 6.04 Å². The van der Waals surface area contributed by atoms with E-state index in [-0.39, 0.29) is 0 Å². The van der Waals surface area contributed by atoms with Crippen LogP contribution in [-0.4, -0.2) is 6.54 Å². The van der Waals surface area contributed by atoms with Crippen LogP contribution in [0.4, 0.5) is 0 Å². The van der Waals surface area contributed by atoms with E-state index in [1.165, 1.54) is 50.5 Å². The lowest BCUT2D eigenvalue weighted by Gasteiger charge is -2.14. The molecule has 0 saturated heterocycles. The molecule has 0 radical (unpaired) electrons. The lowest BCUT2D eigenvalue weighted by atomic mass is 10.1. The van der Waals surface area contributed by atoms with E-state index in [1.807, 2.05) is 24.3 Å². The van der Waals surface area contributed by atoms with Crippen LogP contribution >= 0.6 is 0 Å². The maximum Gasteiger partial charge on any atom is 0.0991 e. The van der Waals surface area contributed by atoms with E-state index in [0.717, 1.165) is 12.1 Å². The Balaban J connectivity index is 2.10. The summed E-state index contributed by atoms with van der Waals surface area (Å²) in [7, 11) is 0. The Morgan fingerprint density at radius 2 is 1.60 bits per heavy atom. The van der Waals surface area contributed by atoms with Gasteiger partial charge >= 0.3 is 0 Å². The molecule has 0 spiro atoms. The van der Waals surface area contributed by atoms with E-state index < -0.39 is 0 Å². The third-order valence-corrected chi connectivity index (χ3v) is 3.77. The second-order valence-corrected chi connectivity index (χ2v) is 5.53. The Labute approximate surface area is 124 Å². The van der Waals surface area contributed by atoms with Crippen LogP contribution in [0.1, 0.15) is 76.0 Å². The average molecular weight is 272 g/mol. The monoisotopic (exact) mass is 272 g/mol. The first-order valence-corrected chi connectivity index (χ1v) is 8.01. The van der Waals surface area contributed by atoms with Crippen molar-refractivity contribution in [2.24, 2.45) is 0 Å². The first kappa shape index (κ1) is 16.7. The van der Waals surface area contributed by atoms with Gasteiger partial charge in [0.25, 0.3) is 0 Å². The number of nitrogens with zero attached hydrogens (tertiary/aromatic N) is 1. The Morgan fingerprint density at radius 1 is 1.00 bits per heavy atom. The number of nitriles is 1. The van der Waals surface area contributed by atoms with Crippen molar-refractivity contribution >= 4 is 0 Å². The standard InChI is InChI=1S/C18H28N2/c1-3-4-5-6-7-8-9-14-20-16(2)18-12-10-17(15-19)11-13-18/h10-13,16,20H,3-9,14H2,1-2H3. The molecular formula is C18H28N2. The SMILES string of the molecule is CCCCCCCCCNC(C)c1ccc(C#N)cc1. The molecule has 1 unspecified atom stereocenters. The smallest absolute Gasteiger partial charge is 0.0991 e. The molecular weight excluding hydrogens is 244 g/mol. The van der Waals surface area contributed by atoms with Gasteiger partial charge in [0.05, 0.1) is 11.6 Å². The number of hydrogen-bond donors (Lipinski definition) is 1. The molecule has 1 atom stereocenters. The molecule has 2 heteroatoms. The summed E-state index contributed by atoms with van der Waals surface area (Å²) in [6, 6.07) is 10.4. The highest BCUT2D eigenvalue weighted by molar-refractivity contribution is 5.32. The fraction of sp³-hybridized carbons (Fsp3) is 0.611. The Bertz CT molecular complexity index is 389. The van der Waals surface area contributed by atoms with Crippen molar-refractivity contribution in [3.63, 3.8) is 0 Å². The van der Waals surface area contributed by atoms with Gasteiger partial charge in [-0.15, -0.1) is 0 Å². The molecule has 1 rings (SSSR count). The molecule has 0 heterocycles. The first-order chi connectivity index (χ1) is 9.77. The first-order valence-electron chi connectivity index (χ1n) is 8.01. The third kappa shape index (κ3) is 6.73. The van der Waals surface area contributed by atoms with E-state index >= 15 is 0 Å². The second-order valence-electron chi connectivity index (χ2n) is 5.53. The minimum atomic E-state index is 0.364. The minimum Gasteiger partial charge on any atom is -0.310 e. The summed E-state index contributed by atoms with van der Waals surface area (Å²) in [5, 5.41) is 12.3. The lowest BCUT2D eigenvalue weighted by molar-refractivity contribution is 0.524. The van der Waals surface area contributed by atoms with Crippen molar-refractivity contribution in [2.75, 3.05) is 6.54 Å². The van der Waals surface area contributed by atoms with Gasteiger partial charge in [-0.05, 0) is 37.6 Å². The van der Waals surface area contributed by atoms with Crippen molar-refractivity contribution in [2.45, 2.75) is 64.8 Å². The van der Waals surface area contributed by atoms with Crippen molar-refractivity contribution in [1.29, 1.82) is 5.26 Å². The summed E-state index contributed by atoms with van der Waals surface area (Å²) in [5.74, 6) is 0. The zero-order valence-electron chi connectivity index (χ0n) is 13.0. The normalized spacial score (nSPS) is 12.1. The third-order valence-electron chi connectivity index (χ3n) is 3.77. The number of rotatable bonds is 10. The van der Waals surface area contributed by atoms with Gasteiger partial charge in [-0.3, -0.25) is 0 Å². The van der Waals surface area contributed by atoms with Crippen LogP contribution in [0.5, 0.6) is 0 Å². The highest BCUT2D eigenvalue weighted by Gasteiger charge is 2.03. The topological polar surface area (TPSA) is 35.8 Å². The van der Waals surface area contributed by atoms with Crippen LogP contribution < -0.4 is 5.32 Å². The fourth-order valence-electron chi connectivity index (χ4n) is 2.36. The van der Waals surface area contributed by atoms with Crippen molar-refractivity contribution in [3.8, 4) is 6.07 Å². The van der Waals surface area contributed by atoms with Crippen molar-refractivity contribution in [3.05, 3.63) is 35.4 Å². The van der Waals surface area contributed by atoms with Gasteiger partial charge in [0, 0.05) is 6.04 Å². The number of unbranched alkanes of at least 4 members (excludes halogenated alkanes) is 6. The van der Waals surface area contributed by atoms with Crippen LogP contribution in [0, 0.1) is 11.3 Å². The van der Waals surface area contributed by atoms with Gasteiger partial charge < -0.3 is 5.32 Å². The number of benzene rings is 1. The molecule has 0 saturated carbocycles. The van der Waals surface area contributed by atoms with E-state index in [1.54, 1.807) is 0 Å². The molecule has 0 aliphatic heterocycles. The molecule has 0 aromatic heterocycles. The van der Waals surface area contributed by atoms with Crippen LogP contribution in [0.15, 0.2) is 24.3 Å². The maximum atomic E-state index is 8.78. The van der Waals surface area contributed by atoms with Gasteiger partial charge in [-0.2, -0.15) is 5.26 Å². The molecule has 20 heavy (non-hydrogen) atoms. The molecule has 1 aromatic carbocycles. The molecule has 110 valence electrons. The fourth-order valence-corrected chi connectivity index (χ4v) is 2.36. The van der Waals surface area contributed by atoms with Gasteiger partial charge in [0.15, 0.2) is 0 Å². The molecule has 0 amide bonds. The Hall–Kier alpha value is -1.33. The highest BCUT2D eigenvalue weighted by atomic mass is 14.9. The highest BCUT2D eigenvalue weighted by Crippen LogP contribution is 2.13. The molecule has 1 aromatic rings. The summed E-state index contributed by atoms with van der Waals surface area (Å²) in [5.41, 5.74) is 1.99. The van der Waals surface area contributed by atoms with Crippen molar-refractivity contribution in [1.82, 2.24) is 5.32 Å². The Kier molecular flexibility index (Phi) is 8.74.